The highest BCUT2D eigenvalue weighted by Gasteiger charge is 2.41. The Labute approximate surface area is 115 Å². The fourth-order valence-corrected chi connectivity index (χ4v) is 2.26. The summed E-state index contributed by atoms with van der Waals surface area (Å²) in [6.07, 6.45) is -2.79. The Hall–Kier alpha value is -1.79. The number of hydrogen-bond donors (Lipinski definition) is 1. The van der Waals surface area contributed by atoms with E-state index in [0.717, 1.165) is 0 Å². The van der Waals surface area contributed by atoms with Gasteiger partial charge in [0.1, 0.15) is 5.82 Å². The van der Waals surface area contributed by atoms with Gasteiger partial charge in [-0.1, -0.05) is 0 Å². The van der Waals surface area contributed by atoms with Crippen LogP contribution in [0.3, 0.4) is 0 Å². The summed E-state index contributed by atoms with van der Waals surface area (Å²) in [6, 6.07) is 3.28. The summed E-state index contributed by atoms with van der Waals surface area (Å²) in [5.74, 6) is -0.922. The molecule has 4 nitrogen and oxygen atoms in total. The minimum Gasteiger partial charge on any atom is -0.373 e. The van der Waals surface area contributed by atoms with E-state index in [9.17, 15) is 18.0 Å². The first kappa shape index (κ1) is 14.6. The number of carbonyl (C=O) groups excluding carboxylic acids is 1. The first-order valence-corrected chi connectivity index (χ1v) is 6.41. The molecule has 2 heterocycles. The normalized spacial score (nSPS) is 17.1. The number of nitrogens with one attached hydrogen (secondary N) is 1. The third-order valence-electron chi connectivity index (χ3n) is 3.51. The summed E-state index contributed by atoms with van der Waals surface area (Å²) in [6.45, 7) is 0.271. The molecule has 7 heteroatoms. The van der Waals surface area contributed by atoms with Crippen LogP contribution in [0.2, 0.25) is 0 Å². The summed E-state index contributed by atoms with van der Waals surface area (Å²) in [7, 11) is 1.71. The van der Waals surface area contributed by atoms with Crippen molar-refractivity contribution < 1.29 is 18.0 Å². The van der Waals surface area contributed by atoms with Crippen LogP contribution in [0.1, 0.15) is 23.2 Å². The summed E-state index contributed by atoms with van der Waals surface area (Å²) < 4.78 is 37.7. The van der Waals surface area contributed by atoms with Crippen molar-refractivity contribution in [2.45, 2.75) is 19.0 Å². The Kier molecular flexibility index (Phi) is 4.15. The summed E-state index contributed by atoms with van der Waals surface area (Å²) in [5.41, 5.74) is 0.398. The van der Waals surface area contributed by atoms with Gasteiger partial charge >= 0.3 is 6.18 Å². The van der Waals surface area contributed by atoms with Crippen LogP contribution >= 0.6 is 0 Å². The van der Waals surface area contributed by atoms with E-state index in [1.807, 2.05) is 0 Å². The standard InChI is InChI=1S/C13H16F3N3O/c1-17-11-3-2-9(8-18-11)12(20)19-6-4-10(5-7-19)13(14,15)16/h2-3,8,10H,4-7H2,1H3,(H,17,18). The first-order chi connectivity index (χ1) is 9.41. The van der Waals surface area contributed by atoms with E-state index in [-0.39, 0.29) is 31.8 Å². The number of piperidine rings is 1. The third kappa shape index (κ3) is 3.20. The summed E-state index contributed by atoms with van der Waals surface area (Å²) in [5, 5.41) is 2.83. The summed E-state index contributed by atoms with van der Waals surface area (Å²) in [4.78, 5) is 17.6. The Morgan fingerprint density at radius 1 is 1.35 bits per heavy atom. The lowest BCUT2D eigenvalue weighted by atomic mass is 9.96. The molecule has 1 amide bonds. The van der Waals surface area contributed by atoms with Gasteiger partial charge < -0.3 is 10.2 Å². The Balaban J connectivity index is 1.97. The fourth-order valence-electron chi connectivity index (χ4n) is 2.26. The van der Waals surface area contributed by atoms with Gasteiger partial charge in [0.05, 0.1) is 11.5 Å². The Morgan fingerprint density at radius 3 is 2.45 bits per heavy atom. The monoisotopic (exact) mass is 287 g/mol. The van der Waals surface area contributed by atoms with Gasteiger partial charge in [-0.15, -0.1) is 0 Å². The number of nitrogens with zero attached hydrogens (tertiary/aromatic N) is 2. The third-order valence-corrected chi connectivity index (χ3v) is 3.51. The van der Waals surface area contributed by atoms with Crippen molar-refractivity contribution in [2.24, 2.45) is 5.92 Å². The molecule has 1 saturated heterocycles. The molecule has 1 aromatic rings. The largest absolute Gasteiger partial charge is 0.391 e. The number of hydrogen-bond acceptors (Lipinski definition) is 3. The molecule has 0 aliphatic carbocycles. The van der Waals surface area contributed by atoms with Crippen LogP contribution in [0.5, 0.6) is 0 Å². The first-order valence-electron chi connectivity index (χ1n) is 6.41. The molecule has 0 aromatic carbocycles. The molecule has 1 fully saturated rings. The maximum absolute atomic E-state index is 12.6. The quantitative estimate of drug-likeness (QED) is 0.909. The second-order valence-corrected chi connectivity index (χ2v) is 4.79. The Morgan fingerprint density at radius 2 is 2.00 bits per heavy atom. The number of halogens is 3. The number of carbonyl (C=O) groups is 1. The number of amides is 1. The molecule has 0 bridgehead atoms. The van der Waals surface area contributed by atoms with Crippen molar-refractivity contribution in [2.75, 3.05) is 25.5 Å². The van der Waals surface area contributed by atoms with E-state index >= 15 is 0 Å². The minimum atomic E-state index is -4.16. The van der Waals surface area contributed by atoms with Crippen molar-refractivity contribution in [3.8, 4) is 0 Å². The summed E-state index contributed by atoms with van der Waals surface area (Å²) >= 11 is 0. The highest BCUT2D eigenvalue weighted by Crippen LogP contribution is 2.34. The van der Waals surface area contributed by atoms with E-state index < -0.39 is 12.1 Å². The number of likely N-dealkylation sites (tertiary alicyclic amines) is 1. The minimum absolute atomic E-state index is 0.0305. The zero-order valence-corrected chi connectivity index (χ0v) is 11.1. The van der Waals surface area contributed by atoms with Gasteiger partial charge in [0.15, 0.2) is 0 Å². The van der Waals surface area contributed by atoms with E-state index in [0.29, 0.717) is 11.4 Å². The highest BCUT2D eigenvalue weighted by molar-refractivity contribution is 5.94. The molecule has 1 aliphatic heterocycles. The molecule has 0 radical (unpaired) electrons. The lowest BCUT2D eigenvalue weighted by Crippen LogP contribution is -2.42. The highest BCUT2D eigenvalue weighted by atomic mass is 19.4. The molecular formula is C13H16F3N3O. The van der Waals surface area contributed by atoms with Crippen LogP contribution in [0.25, 0.3) is 0 Å². The predicted octanol–water partition coefficient (Wildman–Crippen LogP) is 2.54. The molecule has 110 valence electrons. The Bertz CT molecular complexity index is 465. The molecule has 0 spiro atoms. The molecule has 0 unspecified atom stereocenters. The van der Waals surface area contributed by atoms with Crippen LogP contribution in [-0.2, 0) is 0 Å². The van der Waals surface area contributed by atoms with E-state index in [1.54, 1.807) is 19.2 Å². The van der Waals surface area contributed by atoms with Crippen molar-refractivity contribution in [3.63, 3.8) is 0 Å². The molecule has 2 rings (SSSR count). The van der Waals surface area contributed by atoms with Crippen LogP contribution in [0, 0.1) is 5.92 Å². The molecule has 1 N–H and O–H groups in total. The number of anilines is 1. The van der Waals surface area contributed by atoms with Crippen LogP contribution in [0.15, 0.2) is 18.3 Å². The second-order valence-electron chi connectivity index (χ2n) is 4.79. The zero-order chi connectivity index (χ0) is 14.8. The van der Waals surface area contributed by atoms with Crippen molar-refractivity contribution >= 4 is 11.7 Å². The molecule has 20 heavy (non-hydrogen) atoms. The van der Waals surface area contributed by atoms with Gasteiger partial charge in [0, 0.05) is 26.3 Å². The average Bonchev–Trinajstić information content (AvgIpc) is 2.46. The lowest BCUT2D eigenvalue weighted by molar-refractivity contribution is -0.183. The SMILES string of the molecule is CNc1ccc(C(=O)N2CCC(C(F)(F)F)CC2)cn1. The van der Waals surface area contributed by atoms with Gasteiger partial charge in [-0.05, 0) is 25.0 Å². The van der Waals surface area contributed by atoms with Crippen molar-refractivity contribution in [1.29, 1.82) is 0 Å². The maximum Gasteiger partial charge on any atom is 0.391 e. The van der Waals surface area contributed by atoms with Gasteiger partial charge in [-0.25, -0.2) is 4.98 Å². The van der Waals surface area contributed by atoms with Crippen molar-refractivity contribution in [3.05, 3.63) is 23.9 Å². The van der Waals surface area contributed by atoms with Crippen LogP contribution < -0.4 is 5.32 Å². The van der Waals surface area contributed by atoms with Crippen LogP contribution in [-0.4, -0.2) is 42.1 Å². The number of rotatable bonds is 2. The fraction of sp³-hybridized carbons (Fsp3) is 0.538. The predicted molar refractivity (Wildman–Crippen MR) is 68.5 cm³/mol. The van der Waals surface area contributed by atoms with E-state index in [4.69, 9.17) is 0 Å². The van der Waals surface area contributed by atoms with E-state index in [2.05, 4.69) is 10.3 Å². The van der Waals surface area contributed by atoms with Crippen molar-refractivity contribution in [1.82, 2.24) is 9.88 Å². The number of alkyl halides is 3. The van der Waals surface area contributed by atoms with Gasteiger partial charge in [-0.2, -0.15) is 13.2 Å². The molecule has 1 aromatic heterocycles. The lowest BCUT2D eigenvalue weighted by Gasteiger charge is -2.32. The van der Waals surface area contributed by atoms with Gasteiger partial charge in [0.25, 0.3) is 5.91 Å². The smallest absolute Gasteiger partial charge is 0.373 e. The topological polar surface area (TPSA) is 45.2 Å². The zero-order valence-electron chi connectivity index (χ0n) is 11.1. The van der Waals surface area contributed by atoms with E-state index in [1.165, 1.54) is 11.1 Å². The van der Waals surface area contributed by atoms with Gasteiger partial charge in [-0.3, -0.25) is 4.79 Å². The maximum atomic E-state index is 12.6. The molecule has 0 saturated carbocycles. The van der Waals surface area contributed by atoms with Crippen LogP contribution in [0.4, 0.5) is 19.0 Å². The molecular weight excluding hydrogens is 271 g/mol. The number of pyridine rings is 1. The van der Waals surface area contributed by atoms with Gasteiger partial charge in [0.2, 0.25) is 0 Å². The molecule has 1 aliphatic rings. The molecule has 0 atom stereocenters. The average molecular weight is 287 g/mol. The second kappa shape index (κ2) is 5.68. The number of aromatic nitrogens is 1.